The van der Waals surface area contributed by atoms with Crippen LogP contribution < -0.4 is 5.32 Å². The van der Waals surface area contributed by atoms with Crippen molar-refractivity contribution in [1.29, 1.82) is 0 Å². The summed E-state index contributed by atoms with van der Waals surface area (Å²) in [5.41, 5.74) is 0.162. The van der Waals surface area contributed by atoms with E-state index in [0.29, 0.717) is 0 Å². The zero-order valence-corrected chi connectivity index (χ0v) is 15.2. The van der Waals surface area contributed by atoms with Crippen LogP contribution in [-0.2, 0) is 17.5 Å². The number of halogens is 3. The lowest BCUT2D eigenvalue weighted by molar-refractivity contribution is -0.138. The van der Waals surface area contributed by atoms with Crippen molar-refractivity contribution in [2.75, 3.05) is 6.54 Å². The number of hydrogen-bond acceptors (Lipinski definition) is 4. The first-order valence-electron chi connectivity index (χ1n) is 8.67. The SMILES string of the molecule is Cc1cc(C(O)C(O)CCNC(=O)OCc2ccccc2)ccc1C(F)(F)F. The number of aryl methyl sites for hydroxylation is 1. The fraction of sp³-hybridized carbons (Fsp3) is 0.350. The minimum Gasteiger partial charge on any atom is -0.445 e. The van der Waals surface area contributed by atoms with Gasteiger partial charge < -0.3 is 20.3 Å². The molecule has 2 rings (SSSR count). The van der Waals surface area contributed by atoms with Gasteiger partial charge in [-0.3, -0.25) is 0 Å². The van der Waals surface area contributed by atoms with Crippen molar-refractivity contribution >= 4 is 6.09 Å². The van der Waals surface area contributed by atoms with Crippen molar-refractivity contribution in [3.8, 4) is 0 Å². The van der Waals surface area contributed by atoms with E-state index in [9.17, 15) is 28.2 Å². The van der Waals surface area contributed by atoms with Gasteiger partial charge in [-0.2, -0.15) is 13.2 Å². The lowest BCUT2D eigenvalue weighted by Gasteiger charge is -2.20. The van der Waals surface area contributed by atoms with Gasteiger partial charge >= 0.3 is 12.3 Å². The Balaban J connectivity index is 1.80. The highest BCUT2D eigenvalue weighted by atomic mass is 19.4. The van der Waals surface area contributed by atoms with E-state index >= 15 is 0 Å². The van der Waals surface area contributed by atoms with Crippen LogP contribution in [0.2, 0.25) is 0 Å². The number of amides is 1. The predicted molar refractivity (Wildman–Crippen MR) is 96.4 cm³/mol. The number of benzene rings is 2. The standard InChI is InChI=1S/C20H22F3NO4/c1-13-11-15(7-8-16(13)20(21,22)23)18(26)17(25)9-10-24-19(27)28-12-14-5-3-2-4-6-14/h2-8,11,17-18,25-26H,9-10,12H2,1H3,(H,24,27). The monoisotopic (exact) mass is 397 g/mol. The van der Waals surface area contributed by atoms with E-state index in [-0.39, 0.29) is 30.7 Å². The number of alkyl halides is 3. The lowest BCUT2D eigenvalue weighted by Crippen LogP contribution is -2.29. The van der Waals surface area contributed by atoms with Gasteiger partial charge in [0.15, 0.2) is 0 Å². The van der Waals surface area contributed by atoms with E-state index in [4.69, 9.17) is 4.74 Å². The summed E-state index contributed by atoms with van der Waals surface area (Å²) in [6.45, 7) is 1.42. The molecule has 2 aromatic rings. The Morgan fingerprint density at radius 3 is 2.43 bits per heavy atom. The third kappa shape index (κ3) is 6.24. The Kier molecular flexibility index (Phi) is 7.42. The van der Waals surface area contributed by atoms with Crippen molar-refractivity contribution < 1.29 is 32.9 Å². The number of aliphatic hydroxyl groups excluding tert-OH is 2. The van der Waals surface area contributed by atoms with Crippen molar-refractivity contribution in [3.05, 3.63) is 70.8 Å². The number of hydrogen-bond donors (Lipinski definition) is 3. The molecule has 0 saturated carbocycles. The third-order valence-corrected chi connectivity index (χ3v) is 4.18. The van der Waals surface area contributed by atoms with Crippen molar-refractivity contribution in [3.63, 3.8) is 0 Å². The van der Waals surface area contributed by atoms with Gasteiger partial charge in [0.25, 0.3) is 0 Å². The Morgan fingerprint density at radius 2 is 1.82 bits per heavy atom. The molecule has 0 aromatic heterocycles. The summed E-state index contributed by atoms with van der Waals surface area (Å²) < 4.78 is 43.4. The second-order valence-electron chi connectivity index (χ2n) is 6.36. The van der Waals surface area contributed by atoms with Crippen LogP contribution in [-0.4, -0.2) is 29.0 Å². The number of carbonyl (C=O) groups excluding carboxylic acids is 1. The molecule has 0 aliphatic heterocycles. The first kappa shape index (κ1) is 21.7. The fourth-order valence-electron chi connectivity index (χ4n) is 2.67. The Bertz CT molecular complexity index is 781. The number of alkyl carbamates (subject to hydrolysis) is 1. The van der Waals surface area contributed by atoms with Crippen LogP contribution in [0.5, 0.6) is 0 Å². The molecule has 0 bridgehead atoms. The van der Waals surface area contributed by atoms with Crippen LogP contribution in [0.3, 0.4) is 0 Å². The smallest absolute Gasteiger partial charge is 0.416 e. The highest BCUT2D eigenvalue weighted by molar-refractivity contribution is 5.67. The van der Waals surface area contributed by atoms with E-state index in [1.165, 1.54) is 13.0 Å². The quantitative estimate of drug-likeness (QED) is 0.665. The van der Waals surface area contributed by atoms with E-state index in [1.807, 2.05) is 18.2 Å². The lowest BCUT2D eigenvalue weighted by atomic mass is 9.97. The molecule has 0 radical (unpaired) electrons. The molecule has 0 spiro atoms. The molecule has 0 heterocycles. The molecule has 0 aliphatic carbocycles. The van der Waals surface area contributed by atoms with Gasteiger partial charge in [0.05, 0.1) is 11.7 Å². The molecule has 2 unspecified atom stereocenters. The summed E-state index contributed by atoms with van der Waals surface area (Å²) in [5.74, 6) is 0. The summed E-state index contributed by atoms with van der Waals surface area (Å²) in [6.07, 6.45) is -7.78. The molecule has 2 atom stereocenters. The largest absolute Gasteiger partial charge is 0.445 e. The van der Waals surface area contributed by atoms with Crippen molar-refractivity contribution in [1.82, 2.24) is 5.32 Å². The molecule has 3 N–H and O–H groups in total. The minimum absolute atomic E-state index is 0.00166. The van der Waals surface area contributed by atoms with Gasteiger partial charge in [-0.1, -0.05) is 42.5 Å². The van der Waals surface area contributed by atoms with Crippen molar-refractivity contribution in [2.24, 2.45) is 0 Å². The second kappa shape index (κ2) is 9.57. The van der Waals surface area contributed by atoms with E-state index < -0.39 is 30.0 Å². The highest BCUT2D eigenvalue weighted by Gasteiger charge is 2.32. The third-order valence-electron chi connectivity index (χ3n) is 4.18. The number of rotatable bonds is 7. The van der Waals surface area contributed by atoms with Crippen LogP contribution in [0.25, 0.3) is 0 Å². The minimum atomic E-state index is -4.48. The average molecular weight is 397 g/mol. The zero-order chi connectivity index (χ0) is 20.7. The summed E-state index contributed by atoms with van der Waals surface area (Å²) in [7, 11) is 0. The van der Waals surface area contributed by atoms with Crippen LogP contribution in [0.1, 0.15) is 34.8 Å². The Hall–Kier alpha value is -2.58. The maximum Gasteiger partial charge on any atom is 0.416 e. The van der Waals surface area contributed by atoms with E-state index in [0.717, 1.165) is 17.7 Å². The number of nitrogens with one attached hydrogen (secondary N) is 1. The van der Waals surface area contributed by atoms with Crippen LogP contribution in [0.15, 0.2) is 48.5 Å². The molecule has 2 aromatic carbocycles. The maximum atomic E-state index is 12.8. The molecule has 0 aliphatic rings. The molecule has 8 heteroatoms. The Labute approximate surface area is 160 Å². The van der Waals surface area contributed by atoms with Crippen molar-refractivity contribution in [2.45, 2.75) is 38.3 Å². The highest BCUT2D eigenvalue weighted by Crippen LogP contribution is 2.33. The molecule has 0 saturated heterocycles. The number of ether oxygens (including phenoxy) is 1. The molecule has 0 fully saturated rings. The molecular weight excluding hydrogens is 375 g/mol. The van der Waals surface area contributed by atoms with Gasteiger partial charge in [0.2, 0.25) is 0 Å². The van der Waals surface area contributed by atoms with Gasteiger partial charge in [0.1, 0.15) is 12.7 Å². The Morgan fingerprint density at radius 1 is 1.14 bits per heavy atom. The van der Waals surface area contributed by atoms with Gasteiger partial charge in [0, 0.05) is 6.54 Å². The number of aliphatic hydroxyl groups is 2. The molecular formula is C20H22F3NO4. The van der Waals surface area contributed by atoms with Crippen LogP contribution in [0, 0.1) is 6.92 Å². The average Bonchev–Trinajstić information content (AvgIpc) is 2.65. The van der Waals surface area contributed by atoms with E-state index in [2.05, 4.69) is 5.32 Å². The van der Waals surface area contributed by atoms with Gasteiger partial charge in [-0.15, -0.1) is 0 Å². The zero-order valence-electron chi connectivity index (χ0n) is 15.2. The van der Waals surface area contributed by atoms with Crippen LogP contribution >= 0.6 is 0 Å². The first-order chi connectivity index (χ1) is 13.2. The second-order valence-corrected chi connectivity index (χ2v) is 6.36. The topological polar surface area (TPSA) is 78.8 Å². The molecule has 5 nitrogen and oxygen atoms in total. The fourth-order valence-corrected chi connectivity index (χ4v) is 2.67. The summed E-state index contributed by atoms with van der Waals surface area (Å²) in [5, 5.41) is 22.6. The summed E-state index contributed by atoms with van der Waals surface area (Å²) in [6, 6.07) is 12.3. The summed E-state index contributed by atoms with van der Waals surface area (Å²) >= 11 is 0. The van der Waals surface area contributed by atoms with E-state index in [1.54, 1.807) is 12.1 Å². The van der Waals surface area contributed by atoms with Crippen LogP contribution in [0.4, 0.5) is 18.0 Å². The van der Waals surface area contributed by atoms with Gasteiger partial charge in [-0.25, -0.2) is 4.79 Å². The molecule has 152 valence electrons. The summed E-state index contributed by atoms with van der Waals surface area (Å²) in [4.78, 5) is 11.6. The molecule has 1 amide bonds. The number of carbonyl (C=O) groups is 1. The maximum absolute atomic E-state index is 12.8. The first-order valence-corrected chi connectivity index (χ1v) is 8.67. The molecule has 28 heavy (non-hydrogen) atoms. The van der Waals surface area contributed by atoms with Gasteiger partial charge in [-0.05, 0) is 36.1 Å². The predicted octanol–water partition coefficient (Wildman–Crippen LogP) is 3.72. The normalized spacial score (nSPS) is 13.6.